The summed E-state index contributed by atoms with van der Waals surface area (Å²) in [4.78, 5) is 12.3. The standard InChI is InChI=1S/C21H18ClNO2/c1-15-3-2-4-20(13-15)25-14-16-5-7-17(8-6-16)21(24)23-19-11-9-18(22)10-12-19/h2-13H,14H2,1H3,(H,23,24). The van der Waals surface area contributed by atoms with Gasteiger partial charge in [0, 0.05) is 16.3 Å². The van der Waals surface area contributed by atoms with E-state index in [0.717, 1.165) is 16.9 Å². The van der Waals surface area contributed by atoms with Crippen LogP contribution in [0.5, 0.6) is 5.75 Å². The zero-order valence-corrected chi connectivity index (χ0v) is 14.6. The van der Waals surface area contributed by atoms with E-state index in [1.807, 2.05) is 43.3 Å². The molecule has 0 heterocycles. The van der Waals surface area contributed by atoms with E-state index in [2.05, 4.69) is 5.32 Å². The summed E-state index contributed by atoms with van der Waals surface area (Å²) in [5.74, 6) is 0.679. The fourth-order valence-electron chi connectivity index (χ4n) is 2.36. The molecule has 126 valence electrons. The van der Waals surface area contributed by atoms with Crippen molar-refractivity contribution >= 4 is 23.2 Å². The first-order valence-corrected chi connectivity index (χ1v) is 8.33. The molecule has 0 aromatic heterocycles. The van der Waals surface area contributed by atoms with E-state index in [9.17, 15) is 4.79 Å². The second-order valence-electron chi connectivity index (χ2n) is 5.76. The predicted molar refractivity (Wildman–Crippen MR) is 101 cm³/mol. The summed E-state index contributed by atoms with van der Waals surface area (Å²) in [5, 5.41) is 3.48. The number of carbonyl (C=O) groups excluding carboxylic acids is 1. The maximum atomic E-state index is 12.3. The summed E-state index contributed by atoms with van der Waals surface area (Å²) in [6.45, 7) is 2.49. The van der Waals surface area contributed by atoms with Gasteiger partial charge in [-0.3, -0.25) is 4.79 Å². The Bertz CT molecular complexity index is 858. The molecule has 3 aromatic rings. The van der Waals surface area contributed by atoms with Gasteiger partial charge in [-0.05, 0) is 66.6 Å². The van der Waals surface area contributed by atoms with Crippen LogP contribution in [0.1, 0.15) is 21.5 Å². The molecule has 3 rings (SSSR count). The molecule has 3 nitrogen and oxygen atoms in total. The van der Waals surface area contributed by atoms with Gasteiger partial charge in [-0.15, -0.1) is 0 Å². The number of hydrogen-bond donors (Lipinski definition) is 1. The van der Waals surface area contributed by atoms with Crippen molar-refractivity contribution in [2.45, 2.75) is 13.5 Å². The molecule has 1 N–H and O–H groups in total. The van der Waals surface area contributed by atoms with Gasteiger partial charge in [0.15, 0.2) is 0 Å². The van der Waals surface area contributed by atoms with Crippen molar-refractivity contribution < 1.29 is 9.53 Å². The third-order valence-electron chi connectivity index (χ3n) is 3.71. The van der Waals surface area contributed by atoms with Crippen LogP contribution in [0.2, 0.25) is 5.02 Å². The van der Waals surface area contributed by atoms with E-state index in [4.69, 9.17) is 16.3 Å². The lowest BCUT2D eigenvalue weighted by atomic mass is 10.1. The molecule has 0 unspecified atom stereocenters. The smallest absolute Gasteiger partial charge is 0.255 e. The van der Waals surface area contributed by atoms with Gasteiger partial charge < -0.3 is 10.1 Å². The summed E-state index contributed by atoms with van der Waals surface area (Å²) in [5.41, 5.74) is 3.46. The molecule has 0 aliphatic carbocycles. The number of ether oxygens (including phenoxy) is 1. The molecule has 0 aliphatic rings. The van der Waals surface area contributed by atoms with E-state index < -0.39 is 0 Å². The number of amides is 1. The maximum absolute atomic E-state index is 12.3. The largest absolute Gasteiger partial charge is 0.489 e. The molecule has 0 atom stereocenters. The quantitative estimate of drug-likeness (QED) is 0.661. The highest BCUT2D eigenvalue weighted by atomic mass is 35.5. The van der Waals surface area contributed by atoms with Gasteiger partial charge in [0.05, 0.1) is 0 Å². The average Bonchev–Trinajstić information content (AvgIpc) is 2.62. The van der Waals surface area contributed by atoms with Crippen molar-refractivity contribution in [2.24, 2.45) is 0 Å². The van der Waals surface area contributed by atoms with Crippen LogP contribution in [-0.2, 0) is 6.61 Å². The number of benzene rings is 3. The molecule has 0 bridgehead atoms. The van der Waals surface area contributed by atoms with E-state index in [1.165, 1.54) is 0 Å². The second-order valence-corrected chi connectivity index (χ2v) is 6.20. The molecule has 3 aromatic carbocycles. The number of aryl methyl sites for hydroxylation is 1. The number of halogens is 1. The monoisotopic (exact) mass is 351 g/mol. The average molecular weight is 352 g/mol. The second kappa shape index (κ2) is 7.86. The number of anilines is 1. The number of carbonyl (C=O) groups is 1. The van der Waals surface area contributed by atoms with Crippen LogP contribution >= 0.6 is 11.6 Å². The Morgan fingerprint density at radius 2 is 1.72 bits per heavy atom. The highest BCUT2D eigenvalue weighted by Crippen LogP contribution is 2.16. The van der Waals surface area contributed by atoms with Crippen molar-refractivity contribution in [3.05, 3.63) is 94.5 Å². The molecule has 0 fully saturated rings. The van der Waals surface area contributed by atoms with Gasteiger partial charge in [0.25, 0.3) is 5.91 Å². The number of hydrogen-bond acceptors (Lipinski definition) is 2. The Labute approximate surface area is 152 Å². The van der Waals surface area contributed by atoms with Crippen molar-refractivity contribution in [3.63, 3.8) is 0 Å². The van der Waals surface area contributed by atoms with Crippen LogP contribution in [-0.4, -0.2) is 5.91 Å². The molecule has 0 saturated carbocycles. The molecule has 0 aliphatic heterocycles. The van der Waals surface area contributed by atoms with Crippen LogP contribution in [0.4, 0.5) is 5.69 Å². The van der Waals surface area contributed by atoms with Gasteiger partial charge >= 0.3 is 0 Å². The van der Waals surface area contributed by atoms with E-state index >= 15 is 0 Å². The molecular weight excluding hydrogens is 334 g/mol. The Morgan fingerprint density at radius 3 is 2.40 bits per heavy atom. The Hall–Kier alpha value is -2.78. The van der Waals surface area contributed by atoms with E-state index in [0.29, 0.717) is 22.9 Å². The summed E-state index contributed by atoms with van der Waals surface area (Å²) in [6.07, 6.45) is 0. The third-order valence-corrected chi connectivity index (χ3v) is 3.97. The van der Waals surface area contributed by atoms with Gasteiger partial charge in [-0.1, -0.05) is 35.9 Å². The zero-order chi connectivity index (χ0) is 17.6. The fraction of sp³-hybridized carbons (Fsp3) is 0.0952. The lowest BCUT2D eigenvalue weighted by molar-refractivity contribution is 0.102. The SMILES string of the molecule is Cc1cccc(OCc2ccc(C(=O)Nc3ccc(Cl)cc3)cc2)c1. The van der Waals surface area contributed by atoms with Crippen LogP contribution in [0.25, 0.3) is 0 Å². The number of rotatable bonds is 5. The minimum atomic E-state index is -0.159. The molecule has 1 amide bonds. The van der Waals surface area contributed by atoms with E-state index in [1.54, 1.807) is 36.4 Å². The summed E-state index contributed by atoms with van der Waals surface area (Å²) >= 11 is 5.84. The first kappa shape index (κ1) is 17.1. The zero-order valence-electron chi connectivity index (χ0n) is 13.8. The van der Waals surface area contributed by atoms with Crippen LogP contribution in [0, 0.1) is 6.92 Å². The summed E-state index contributed by atoms with van der Waals surface area (Å²) < 4.78 is 5.77. The van der Waals surface area contributed by atoms with Gasteiger partial charge in [0.1, 0.15) is 12.4 Å². The topological polar surface area (TPSA) is 38.3 Å². The van der Waals surface area contributed by atoms with Gasteiger partial charge in [-0.25, -0.2) is 0 Å². The highest BCUT2D eigenvalue weighted by Gasteiger charge is 2.06. The van der Waals surface area contributed by atoms with Crippen LogP contribution in [0.3, 0.4) is 0 Å². The molecule has 4 heteroatoms. The van der Waals surface area contributed by atoms with Crippen molar-refractivity contribution in [3.8, 4) is 5.75 Å². The maximum Gasteiger partial charge on any atom is 0.255 e. The van der Waals surface area contributed by atoms with Crippen molar-refractivity contribution in [1.29, 1.82) is 0 Å². The summed E-state index contributed by atoms with van der Waals surface area (Å²) in [7, 11) is 0. The Kier molecular flexibility index (Phi) is 5.36. The number of nitrogens with one attached hydrogen (secondary N) is 1. The molecular formula is C21H18ClNO2. The molecule has 0 saturated heterocycles. The van der Waals surface area contributed by atoms with Crippen molar-refractivity contribution in [2.75, 3.05) is 5.32 Å². The third kappa shape index (κ3) is 4.85. The fourth-order valence-corrected chi connectivity index (χ4v) is 2.49. The Morgan fingerprint density at radius 1 is 1.00 bits per heavy atom. The highest BCUT2D eigenvalue weighted by molar-refractivity contribution is 6.30. The lowest BCUT2D eigenvalue weighted by Gasteiger charge is -2.08. The molecule has 0 radical (unpaired) electrons. The Balaban J connectivity index is 1.59. The normalized spacial score (nSPS) is 10.3. The predicted octanol–water partition coefficient (Wildman–Crippen LogP) is 5.48. The molecule has 25 heavy (non-hydrogen) atoms. The lowest BCUT2D eigenvalue weighted by Crippen LogP contribution is -2.11. The van der Waals surface area contributed by atoms with Gasteiger partial charge in [-0.2, -0.15) is 0 Å². The van der Waals surface area contributed by atoms with Crippen LogP contribution < -0.4 is 10.1 Å². The van der Waals surface area contributed by atoms with Gasteiger partial charge in [0.2, 0.25) is 0 Å². The summed E-state index contributed by atoms with van der Waals surface area (Å²) in [6, 6.07) is 22.3. The minimum Gasteiger partial charge on any atom is -0.489 e. The van der Waals surface area contributed by atoms with Crippen LogP contribution in [0.15, 0.2) is 72.8 Å². The first-order chi connectivity index (χ1) is 12.1. The first-order valence-electron chi connectivity index (χ1n) is 7.95. The molecule has 0 spiro atoms. The van der Waals surface area contributed by atoms with Crippen molar-refractivity contribution in [1.82, 2.24) is 0 Å². The minimum absolute atomic E-state index is 0.159. The van der Waals surface area contributed by atoms with E-state index in [-0.39, 0.29) is 5.91 Å².